The summed E-state index contributed by atoms with van der Waals surface area (Å²) < 4.78 is 1.87. The number of aryl methyl sites for hydroxylation is 4. The highest BCUT2D eigenvalue weighted by atomic mass is 16.1. The fourth-order valence-electron chi connectivity index (χ4n) is 4.82. The van der Waals surface area contributed by atoms with E-state index in [0.717, 1.165) is 49.1 Å². The zero-order valence-electron chi connectivity index (χ0n) is 19.3. The minimum absolute atomic E-state index is 0.0704. The van der Waals surface area contributed by atoms with Crippen LogP contribution in [0.3, 0.4) is 0 Å². The highest BCUT2D eigenvalue weighted by Gasteiger charge is 2.31. The predicted octanol–water partition coefficient (Wildman–Crippen LogP) is 3.95. The standard InChI is InChI=1S/C26H30N6O/c1-18-15-21-17-22(26(33)27-23(21)16-19(18)2)24(31-12-7-4-8-13-31)25-28-29-30-32(25)14-11-20-9-5-3-6-10-20/h3,5-6,9-10,15-17,24H,4,7-8,11-14H2,1-2H3,(H,27,33). The van der Waals surface area contributed by atoms with Crippen LogP contribution in [0.15, 0.2) is 53.3 Å². The largest absolute Gasteiger partial charge is 0.322 e. The first-order chi connectivity index (χ1) is 16.1. The molecule has 33 heavy (non-hydrogen) atoms. The highest BCUT2D eigenvalue weighted by Crippen LogP contribution is 2.30. The van der Waals surface area contributed by atoms with Gasteiger partial charge in [-0.2, -0.15) is 0 Å². The fraction of sp³-hybridized carbons (Fsp3) is 0.385. The number of benzene rings is 2. The Morgan fingerprint density at radius 2 is 1.76 bits per heavy atom. The number of piperidine rings is 1. The molecule has 0 amide bonds. The Balaban J connectivity index is 1.57. The van der Waals surface area contributed by atoms with Gasteiger partial charge in [0, 0.05) is 17.6 Å². The van der Waals surface area contributed by atoms with Gasteiger partial charge >= 0.3 is 0 Å². The van der Waals surface area contributed by atoms with Crippen molar-refractivity contribution in [1.82, 2.24) is 30.1 Å². The van der Waals surface area contributed by atoms with E-state index in [2.05, 4.69) is 63.5 Å². The number of aromatic amines is 1. The Kier molecular flexibility index (Phi) is 6.05. The third-order valence-electron chi connectivity index (χ3n) is 6.80. The zero-order chi connectivity index (χ0) is 22.8. The van der Waals surface area contributed by atoms with Crippen molar-refractivity contribution in [2.75, 3.05) is 13.1 Å². The van der Waals surface area contributed by atoms with Gasteiger partial charge in [0.1, 0.15) is 6.04 Å². The van der Waals surface area contributed by atoms with Gasteiger partial charge in [0.15, 0.2) is 5.82 Å². The number of H-pyrrole nitrogens is 1. The highest BCUT2D eigenvalue weighted by molar-refractivity contribution is 5.81. The van der Waals surface area contributed by atoms with Crippen LogP contribution in [-0.4, -0.2) is 43.2 Å². The number of nitrogens with zero attached hydrogens (tertiary/aromatic N) is 5. The minimum atomic E-state index is -0.272. The third kappa shape index (κ3) is 4.46. The molecule has 2 aromatic heterocycles. The molecule has 7 heteroatoms. The van der Waals surface area contributed by atoms with Gasteiger partial charge in [0.25, 0.3) is 5.56 Å². The van der Waals surface area contributed by atoms with E-state index in [1.54, 1.807) is 0 Å². The van der Waals surface area contributed by atoms with E-state index in [1.807, 2.05) is 28.9 Å². The lowest BCUT2D eigenvalue weighted by atomic mass is 9.99. The van der Waals surface area contributed by atoms with Crippen LogP contribution in [0.5, 0.6) is 0 Å². The number of tetrazole rings is 1. The summed E-state index contributed by atoms with van der Waals surface area (Å²) in [5.41, 5.74) is 5.13. The van der Waals surface area contributed by atoms with Crippen molar-refractivity contribution >= 4 is 10.9 Å². The number of aromatic nitrogens is 5. The van der Waals surface area contributed by atoms with Crippen molar-refractivity contribution in [3.05, 3.63) is 87.0 Å². The van der Waals surface area contributed by atoms with Crippen LogP contribution in [0.25, 0.3) is 10.9 Å². The average molecular weight is 443 g/mol. The number of nitrogens with one attached hydrogen (secondary N) is 1. The Bertz CT molecular complexity index is 1300. The van der Waals surface area contributed by atoms with Crippen LogP contribution in [0, 0.1) is 13.8 Å². The molecular formula is C26H30N6O. The molecule has 0 aliphatic carbocycles. The molecule has 0 saturated carbocycles. The summed E-state index contributed by atoms with van der Waals surface area (Å²) >= 11 is 0. The summed E-state index contributed by atoms with van der Waals surface area (Å²) in [6, 6.07) is 16.3. The number of pyridine rings is 1. The van der Waals surface area contributed by atoms with Crippen LogP contribution in [0.4, 0.5) is 0 Å². The monoisotopic (exact) mass is 442 g/mol. The lowest BCUT2D eigenvalue weighted by Crippen LogP contribution is -2.38. The second-order valence-corrected chi connectivity index (χ2v) is 9.07. The van der Waals surface area contributed by atoms with Gasteiger partial charge in [0.2, 0.25) is 0 Å². The summed E-state index contributed by atoms with van der Waals surface area (Å²) in [4.78, 5) is 18.8. The van der Waals surface area contributed by atoms with E-state index in [-0.39, 0.29) is 11.6 Å². The molecule has 5 rings (SSSR count). The molecule has 1 aliphatic heterocycles. The summed E-state index contributed by atoms with van der Waals surface area (Å²) in [6.45, 7) is 6.70. The molecule has 0 spiro atoms. The van der Waals surface area contributed by atoms with Crippen LogP contribution in [0.1, 0.15) is 53.4 Å². The predicted molar refractivity (Wildman–Crippen MR) is 129 cm³/mol. The van der Waals surface area contributed by atoms with E-state index >= 15 is 0 Å². The maximum Gasteiger partial charge on any atom is 0.253 e. The normalized spacial score (nSPS) is 15.7. The number of fused-ring (bicyclic) bond motifs is 1. The molecule has 1 N–H and O–H groups in total. The summed E-state index contributed by atoms with van der Waals surface area (Å²) in [6.07, 6.45) is 4.28. The molecule has 1 saturated heterocycles. The molecule has 4 aromatic rings. The maximum absolute atomic E-state index is 13.3. The second kappa shape index (κ2) is 9.27. The van der Waals surface area contributed by atoms with Crippen molar-refractivity contribution in [3.63, 3.8) is 0 Å². The molecule has 0 bridgehead atoms. The Hall–Kier alpha value is -3.32. The van der Waals surface area contributed by atoms with E-state index < -0.39 is 0 Å². The molecule has 1 unspecified atom stereocenters. The van der Waals surface area contributed by atoms with Gasteiger partial charge < -0.3 is 4.98 Å². The number of rotatable bonds is 6. The SMILES string of the molecule is Cc1cc2cc(C(c3nnnn3CCc3ccccc3)N3CCCCC3)c(=O)[nH]c2cc1C. The molecule has 170 valence electrons. The van der Waals surface area contributed by atoms with Gasteiger partial charge in [-0.05, 0) is 96.9 Å². The van der Waals surface area contributed by atoms with E-state index in [9.17, 15) is 4.79 Å². The van der Waals surface area contributed by atoms with Gasteiger partial charge in [-0.3, -0.25) is 9.69 Å². The molecule has 2 aromatic carbocycles. The number of likely N-dealkylation sites (tertiary alicyclic amines) is 1. The smallest absolute Gasteiger partial charge is 0.253 e. The summed E-state index contributed by atoms with van der Waals surface area (Å²) in [5, 5.41) is 13.8. The molecule has 1 atom stereocenters. The van der Waals surface area contributed by atoms with Gasteiger partial charge in [-0.1, -0.05) is 36.8 Å². The fourth-order valence-corrected chi connectivity index (χ4v) is 4.82. The molecule has 7 nitrogen and oxygen atoms in total. The first-order valence-electron chi connectivity index (χ1n) is 11.8. The Morgan fingerprint density at radius 1 is 1.00 bits per heavy atom. The van der Waals surface area contributed by atoms with Crippen LogP contribution in [0.2, 0.25) is 0 Å². The van der Waals surface area contributed by atoms with Crippen LogP contribution >= 0.6 is 0 Å². The molecule has 0 radical (unpaired) electrons. The van der Waals surface area contributed by atoms with Crippen molar-refractivity contribution in [1.29, 1.82) is 0 Å². The Morgan fingerprint density at radius 3 is 2.55 bits per heavy atom. The van der Waals surface area contributed by atoms with E-state index in [4.69, 9.17) is 0 Å². The zero-order valence-corrected chi connectivity index (χ0v) is 19.3. The molecule has 3 heterocycles. The van der Waals surface area contributed by atoms with Gasteiger partial charge in [-0.25, -0.2) is 4.68 Å². The lowest BCUT2D eigenvalue weighted by Gasteiger charge is -2.33. The molecular weight excluding hydrogens is 412 g/mol. The first kappa shape index (κ1) is 21.5. The van der Waals surface area contributed by atoms with Crippen LogP contribution < -0.4 is 5.56 Å². The number of hydrogen-bond acceptors (Lipinski definition) is 5. The summed E-state index contributed by atoms with van der Waals surface area (Å²) in [5.74, 6) is 0.738. The second-order valence-electron chi connectivity index (χ2n) is 9.07. The topological polar surface area (TPSA) is 79.7 Å². The van der Waals surface area contributed by atoms with Crippen molar-refractivity contribution in [2.24, 2.45) is 0 Å². The van der Waals surface area contributed by atoms with Crippen molar-refractivity contribution in [3.8, 4) is 0 Å². The van der Waals surface area contributed by atoms with E-state index in [1.165, 1.54) is 23.1 Å². The number of hydrogen-bond donors (Lipinski definition) is 1. The van der Waals surface area contributed by atoms with Crippen molar-refractivity contribution in [2.45, 2.75) is 52.1 Å². The van der Waals surface area contributed by atoms with Crippen LogP contribution in [-0.2, 0) is 13.0 Å². The minimum Gasteiger partial charge on any atom is -0.322 e. The van der Waals surface area contributed by atoms with Gasteiger partial charge in [0.05, 0.1) is 0 Å². The van der Waals surface area contributed by atoms with Crippen molar-refractivity contribution < 1.29 is 0 Å². The average Bonchev–Trinajstić information content (AvgIpc) is 3.29. The quantitative estimate of drug-likeness (QED) is 0.489. The first-order valence-corrected chi connectivity index (χ1v) is 11.8. The molecule has 1 aliphatic rings. The van der Waals surface area contributed by atoms with E-state index in [0.29, 0.717) is 12.1 Å². The van der Waals surface area contributed by atoms with Gasteiger partial charge in [-0.15, -0.1) is 5.10 Å². The molecule has 1 fully saturated rings. The maximum atomic E-state index is 13.3. The summed E-state index contributed by atoms with van der Waals surface area (Å²) in [7, 11) is 0. The lowest BCUT2D eigenvalue weighted by molar-refractivity contribution is 0.176. The Labute approximate surface area is 193 Å². The third-order valence-corrected chi connectivity index (χ3v) is 6.80.